The van der Waals surface area contributed by atoms with Crippen molar-refractivity contribution in [2.24, 2.45) is 11.8 Å². The summed E-state index contributed by atoms with van der Waals surface area (Å²) in [4.78, 5) is 0. The molecule has 1 aromatic rings. The predicted octanol–water partition coefficient (Wildman–Crippen LogP) is 5.62. The van der Waals surface area contributed by atoms with E-state index >= 15 is 0 Å². The quantitative estimate of drug-likeness (QED) is 0.679. The fourth-order valence-corrected chi connectivity index (χ4v) is 4.03. The second kappa shape index (κ2) is 6.25. The van der Waals surface area contributed by atoms with Gasteiger partial charge in [0.15, 0.2) is 0 Å². The van der Waals surface area contributed by atoms with Gasteiger partial charge < -0.3 is 5.32 Å². The Bertz CT molecular complexity index is 434. The Morgan fingerprint density at radius 1 is 1.28 bits per heavy atom. The van der Waals surface area contributed by atoms with Crippen LogP contribution >= 0.6 is 31.9 Å². The molecule has 0 amide bonds. The van der Waals surface area contributed by atoms with Gasteiger partial charge in [-0.25, -0.2) is 0 Å². The minimum absolute atomic E-state index is 0.716. The maximum atomic E-state index is 3.59. The molecular formula is C15H19Br2N. The molecule has 0 heterocycles. The Morgan fingerprint density at radius 3 is 2.56 bits per heavy atom. The van der Waals surface area contributed by atoms with Crippen molar-refractivity contribution in [3.05, 3.63) is 38.8 Å². The van der Waals surface area contributed by atoms with Gasteiger partial charge in [0.05, 0.1) is 5.69 Å². The highest BCUT2D eigenvalue weighted by Gasteiger charge is 2.18. The highest BCUT2D eigenvalue weighted by atomic mass is 79.9. The van der Waals surface area contributed by atoms with E-state index in [4.69, 9.17) is 0 Å². The van der Waals surface area contributed by atoms with Crippen molar-refractivity contribution in [1.29, 1.82) is 0 Å². The molecule has 1 aliphatic rings. The van der Waals surface area contributed by atoms with Crippen molar-refractivity contribution >= 4 is 37.5 Å². The zero-order chi connectivity index (χ0) is 13.1. The molecule has 2 rings (SSSR count). The highest BCUT2D eigenvalue weighted by molar-refractivity contribution is 9.11. The van der Waals surface area contributed by atoms with Gasteiger partial charge in [0, 0.05) is 15.5 Å². The Hall–Kier alpha value is -0.280. The molecule has 2 atom stereocenters. The topological polar surface area (TPSA) is 12.0 Å². The van der Waals surface area contributed by atoms with Crippen molar-refractivity contribution in [1.82, 2.24) is 0 Å². The summed E-state index contributed by atoms with van der Waals surface area (Å²) >= 11 is 7.18. The zero-order valence-corrected chi connectivity index (χ0v) is 14.0. The van der Waals surface area contributed by atoms with Crippen molar-refractivity contribution in [3.8, 4) is 0 Å². The largest absolute Gasteiger partial charge is 0.383 e. The van der Waals surface area contributed by atoms with Gasteiger partial charge in [-0.3, -0.25) is 0 Å². The van der Waals surface area contributed by atoms with E-state index < -0.39 is 0 Å². The van der Waals surface area contributed by atoms with Gasteiger partial charge in [0.1, 0.15) is 0 Å². The van der Waals surface area contributed by atoms with Crippen LogP contribution in [0.3, 0.4) is 0 Å². The first kappa shape index (κ1) is 14.1. The maximum Gasteiger partial charge on any atom is 0.0629 e. The molecule has 98 valence electrons. The third-order valence-electron chi connectivity index (χ3n) is 3.42. The molecule has 0 aromatic heterocycles. The maximum absolute atomic E-state index is 3.59. The van der Waals surface area contributed by atoms with Crippen LogP contribution in [0.1, 0.15) is 26.7 Å². The number of hydrogen-bond donors (Lipinski definition) is 1. The summed E-state index contributed by atoms with van der Waals surface area (Å²) in [5.41, 5.74) is 2.70. The third kappa shape index (κ3) is 3.61. The molecule has 1 N–H and O–H groups in total. The van der Waals surface area contributed by atoms with Crippen molar-refractivity contribution in [2.75, 3.05) is 11.9 Å². The van der Waals surface area contributed by atoms with Gasteiger partial charge in [-0.05, 0) is 75.6 Å². The summed E-state index contributed by atoms with van der Waals surface area (Å²) < 4.78 is 2.24. The van der Waals surface area contributed by atoms with Crippen molar-refractivity contribution < 1.29 is 0 Å². The number of anilines is 1. The fraction of sp³-hybridized carbons (Fsp3) is 0.467. The van der Waals surface area contributed by atoms with Crippen molar-refractivity contribution in [2.45, 2.75) is 26.7 Å². The first-order chi connectivity index (χ1) is 8.56. The number of halogens is 2. The minimum atomic E-state index is 0.716. The number of benzene rings is 1. The van der Waals surface area contributed by atoms with Crippen LogP contribution in [0.4, 0.5) is 5.69 Å². The molecule has 3 heteroatoms. The molecule has 0 saturated carbocycles. The smallest absolute Gasteiger partial charge is 0.0629 e. The number of hydrogen-bond acceptors (Lipinski definition) is 1. The SMILES string of the molecule is CC1=CC(C)CC(CNc2c(Br)cccc2Br)C1. The second-order valence-electron chi connectivity index (χ2n) is 5.27. The van der Waals surface area contributed by atoms with Crippen LogP contribution in [0.5, 0.6) is 0 Å². The average molecular weight is 373 g/mol. The third-order valence-corrected chi connectivity index (χ3v) is 4.74. The molecule has 0 radical (unpaired) electrons. The fourth-order valence-electron chi connectivity index (χ4n) is 2.75. The molecule has 0 aliphatic heterocycles. The molecule has 2 unspecified atom stereocenters. The normalized spacial score (nSPS) is 23.7. The lowest BCUT2D eigenvalue weighted by molar-refractivity contribution is 0.421. The summed E-state index contributed by atoms with van der Waals surface area (Å²) in [5.74, 6) is 1.46. The first-order valence-corrected chi connectivity index (χ1v) is 8.00. The molecule has 0 spiro atoms. The lowest BCUT2D eigenvalue weighted by Crippen LogP contribution is -2.20. The first-order valence-electron chi connectivity index (χ1n) is 6.41. The summed E-state index contributed by atoms with van der Waals surface area (Å²) in [7, 11) is 0. The van der Waals surface area contributed by atoms with Gasteiger partial charge in [-0.2, -0.15) is 0 Å². The molecule has 1 nitrogen and oxygen atoms in total. The Kier molecular flexibility index (Phi) is 4.91. The van der Waals surface area contributed by atoms with Crippen LogP contribution in [0.2, 0.25) is 0 Å². The van der Waals surface area contributed by atoms with E-state index in [2.05, 4.69) is 69.2 Å². The summed E-state index contributed by atoms with van der Waals surface area (Å²) in [5, 5.41) is 3.57. The van der Waals surface area contributed by atoms with Gasteiger partial charge in [0.2, 0.25) is 0 Å². The van der Waals surface area contributed by atoms with Crippen LogP contribution < -0.4 is 5.32 Å². The van der Waals surface area contributed by atoms with Gasteiger partial charge >= 0.3 is 0 Å². The minimum Gasteiger partial charge on any atom is -0.383 e. The Morgan fingerprint density at radius 2 is 1.94 bits per heavy atom. The highest BCUT2D eigenvalue weighted by Crippen LogP contribution is 2.32. The van der Waals surface area contributed by atoms with Crippen LogP contribution in [-0.4, -0.2) is 6.54 Å². The van der Waals surface area contributed by atoms with E-state index in [9.17, 15) is 0 Å². The van der Waals surface area contributed by atoms with Crippen molar-refractivity contribution in [3.63, 3.8) is 0 Å². The number of rotatable bonds is 3. The molecule has 0 fully saturated rings. The van der Waals surface area contributed by atoms with E-state index in [1.165, 1.54) is 18.4 Å². The zero-order valence-electron chi connectivity index (χ0n) is 10.8. The molecule has 18 heavy (non-hydrogen) atoms. The van der Waals surface area contributed by atoms with Crippen LogP contribution in [-0.2, 0) is 0 Å². The summed E-state index contributed by atoms with van der Waals surface area (Å²) in [6, 6.07) is 6.18. The van der Waals surface area contributed by atoms with E-state index in [-0.39, 0.29) is 0 Å². The number of para-hydroxylation sites is 1. The molecule has 1 aliphatic carbocycles. The van der Waals surface area contributed by atoms with Gasteiger partial charge in [-0.1, -0.05) is 24.6 Å². The average Bonchev–Trinajstić information content (AvgIpc) is 2.27. The van der Waals surface area contributed by atoms with Crippen LogP contribution in [0, 0.1) is 11.8 Å². The summed E-state index contributed by atoms with van der Waals surface area (Å²) in [6.07, 6.45) is 4.91. The Balaban J connectivity index is 1.98. The molecule has 0 saturated heterocycles. The standard InChI is InChI=1S/C15H19Br2N/c1-10-6-11(2)8-12(7-10)9-18-15-13(16)4-3-5-14(15)17/h3-6,10,12,18H,7-9H2,1-2H3. The Labute approximate surface area is 126 Å². The second-order valence-corrected chi connectivity index (χ2v) is 6.98. The molecular weight excluding hydrogens is 354 g/mol. The number of allylic oxidation sites excluding steroid dienone is 2. The summed E-state index contributed by atoms with van der Waals surface area (Å²) in [6.45, 7) is 5.59. The van der Waals surface area contributed by atoms with Crippen LogP contribution in [0.15, 0.2) is 38.8 Å². The van der Waals surface area contributed by atoms with E-state index in [0.717, 1.165) is 27.1 Å². The number of nitrogens with one attached hydrogen (secondary N) is 1. The van der Waals surface area contributed by atoms with E-state index in [1.54, 1.807) is 0 Å². The van der Waals surface area contributed by atoms with Gasteiger partial charge in [-0.15, -0.1) is 0 Å². The van der Waals surface area contributed by atoms with Gasteiger partial charge in [0.25, 0.3) is 0 Å². The monoisotopic (exact) mass is 371 g/mol. The lowest BCUT2D eigenvalue weighted by Gasteiger charge is -2.26. The van der Waals surface area contributed by atoms with E-state index in [0.29, 0.717) is 5.92 Å². The molecule has 1 aromatic carbocycles. The predicted molar refractivity (Wildman–Crippen MR) is 86.0 cm³/mol. The molecule has 0 bridgehead atoms. The van der Waals surface area contributed by atoms with Crippen LogP contribution in [0.25, 0.3) is 0 Å². The lowest BCUT2D eigenvalue weighted by atomic mass is 9.84. The van der Waals surface area contributed by atoms with E-state index in [1.807, 2.05) is 6.07 Å².